The Kier molecular flexibility index (Phi) is 3.13. The molecule has 1 aromatic rings. The minimum atomic E-state index is 0.00137. The third-order valence-corrected chi connectivity index (χ3v) is 1.77. The van der Waals surface area contributed by atoms with Crippen molar-refractivity contribution in [1.82, 2.24) is 15.0 Å². The van der Waals surface area contributed by atoms with E-state index < -0.39 is 0 Å². The molecular weight excluding hydrogens is 170 g/mol. The van der Waals surface area contributed by atoms with Crippen molar-refractivity contribution in [3.63, 3.8) is 0 Å². The van der Waals surface area contributed by atoms with Crippen LogP contribution in [0.1, 0.15) is 35.9 Å². The fraction of sp³-hybridized carbons (Fsp3) is 0.625. The lowest BCUT2D eigenvalue weighted by molar-refractivity contribution is 0.111. The molecule has 1 aromatic heterocycles. The van der Waals surface area contributed by atoms with Crippen LogP contribution in [0.2, 0.25) is 0 Å². The zero-order valence-electron chi connectivity index (χ0n) is 7.77. The van der Waals surface area contributed by atoms with Crippen LogP contribution >= 0.6 is 0 Å². The Bertz CT molecular complexity index is 294. The molecule has 0 atom stereocenters. The van der Waals surface area contributed by atoms with Gasteiger partial charge in [-0.1, -0.05) is 19.1 Å². The van der Waals surface area contributed by atoms with Crippen LogP contribution in [0, 0.1) is 0 Å². The summed E-state index contributed by atoms with van der Waals surface area (Å²) < 4.78 is 1.56. The van der Waals surface area contributed by atoms with Gasteiger partial charge in [-0.15, -0.1) is 5.10 Å². The molecule has 5 nitrogen and oxygen atoms in total. The summed E-state index contributed by atoms with van der Waals surface area (Å²) in [4.78, 5) is 10.6. The van der Waals surface area contributed by atoms with Crippen molar-refractivity contribution in [2.45, 2.75) is 26.3 Å². The van der Waals surface area contributed by atoms with E-state index in [2.05, 4.69) is 10.3 Å². The maximum atomic E-state index is 10.6. The lowest BCUT2D eigenvalue weighted by atomic mass is 10.1. The second-order valence-electron chi connectivity index (χ2n) is 3.08. The van der Waals surface area contributed by atoms with E-state index in [1.807, 2.05) is 13.8 Å². The van der Waals surface area contributed by atoms with Crippen LogP contribution in [0.25, 0.3) is 0 Å². The Balaban J connectivity index is 3.06. The van der Waals surface area contributed by atoms with Crippen LogP contribution in [-0.2, 0) is 6.54 Å². The number of nitrogens with zero attached hydrogens (tertiary/aromatic N) is 3. The average Bonchev–Trinajstić information content (AvgIpc) is 2.48. The molecule has 0 aliphatic carbocycles. The van der Waals surface area contributed by atoms with Crippen molar-refractivity contribution < 1.29 is 9.90 Å². The van der Waals surface area contributed by atoms with E-state index >= 15 is 0 Å². The lowest BCUT2D eigenvalue weighted by Crippen LogP contribution is -2.10. The molecule has 0 unspecified atom stereocenters. The molecule has 0 aliphatic rings. The number of aromatic nitrogens is 3. The fourth-order valence-electron chi connectivity index (χ4n) is 1.27. The zero-order chi connectivity index (χ0) is 9.84. The van der Waals surface area contributed by atoms with Gasteiger partial charge < -0.3 is 5.11 Å². The standard InChI is InChI=1S/C8H13N3O2/c1-6(2)8-7(5-13)9-10-11(8)3-4-12/h5-6,12H,3-4H2,1-2H3. The summed E-state index contributed by atoms with van der Waals surface area (Å²) in [5.41, 5.74) is 1.15. The van der Waals surface area contributed by atoms with Crippen molar-refractivity contribution >= 4 is 6.29 Å². The number of carbonyl (C=O) groups is 1. The molecule has 72 valence electrons. The van der Waals surface area contributed by atoms with Crippen molar-refractivity contribution in [1.29, 1.82) is 0 Å². The van der Waals surface area contributed by atoms with Crippen LogP contribution in [-0.4, -0.2) is 33.0 Å². The van der Waals surface area contributed by atoms with Gasteiger partial charge in [0.25, 0.3) is 0 Å². The van der Waals surface area contributed by atoms with Gasteiger partial charge in [0.1, 0.15) is 5.69 Å². The first-order chi connectivity index (χ1) is 6.20. The number of aldehydes is 1. The van der Waals surface area contributed by atoms with E-state index in [0.717, 1.165) is 5.69 Å². The van der Waals surface area contributed by atoms with E-state index in [1.54, 1.807) is 4.68 Å². The second kappa shape index (κ2) is 4.13. The largest absolute Gasteiger partial charge is 0.394 e. The first kappa shape index (κ1) is 9.85. The van der Waals surface area contributed by atoms with Gasteiger partial charge in [0.2, 0.25) is 0 Å². The Labute approximate surface area is 76.4 Å². The highest BCUT2D eigenvalue weighted by Gasteiger charge is 2.14. The third-order valence-electron chi connectivity index (χ3n) is 1.77. The van der Waals surface area contributed by atoms with Crippen LogP contribution in [0.4, 0.5) is 0 Å². The number of carbonyl (C=O) groups excluding carboxylic acids is 1. The molecule has 0 saturated carbocycles. The summed E-state index contributed by atoms with van der Waals surface area (Å²) in [6.45, 7) is 4.30. The van der Waals surface area contributed by atoms with Gasteiger partial charge in [-0.25, -0.2) is 4.68 Å². The van der Waals surface area contributed by atoms with Crippen molar-refractivity contribution in [3.05, 3.63) is 11.4 Å². The van der Waals surface area contributed by atoms with Crippen molar-refractivity contribution in [2.24, 2.45) is 0 Å². The first-order valence-electron chi connectivity index (χ1n) is 4.20. The molecule has 0 radical (unpaired) electrons. The minimum Gasteiger partial charge on any atom is -0.394 e. The summed E-state index contributed by atoms with van der Waals surface area (Å²) in [5.74, 6) is 0.182. The lowest BCUT2D eigenvalue weighted by Gasteiger charge is -2.07. The smallest absolute Gasteiger partial charge is 0.172 e. The average molecular weight is 183 g/mol. The number of aliphatic hydroxyl groups excluding tert-OH is 1. The molecule has 1 rings (SSSR count). The Morgan fingerprint density at radius 1 is 1.62 bits per heavy atom. The van der Waals surface area contributed by atoms with E-state index in [1.165, 1.54) is 0 Å². The van der Waals surface area contributed by atoms with E-state index in [-0.39, 0.29) is 12.5 Å². The van der Waals surface area contributed by atoms with Gasteiger partial charge in [0, 0.05) is 0 Å². The maximum Gasteiger partial charge on any atom is 0.172 e. The zero-order valence-corrected chi connectivity index (χ0v) is 7.77. The highest BCUT2D eigenvalue weighted by atomic mass is 16.3. The molecule has 1 heterocycles. The van der Waals surface area contributed by atoms with E-state index in [0.29, 0.717) is 18.5 Å². The normalized spacial score (nSPS) is 10.8. The second-order valence-corrected chi connectivity index (χ2v) is 3.08. The van der Waals surface area contributed by atoms with Gasteiger partial charge in [-0.3, -0.25) is 4.79 Å². The highest BCUT2D eigenvalue weighted by Crippen LogP contribution is 2.15. The maximum absolute atomic E-state index is 10.6. The molecule has 0 fully saturated rings. The van der Waals surface area contributed by atoms with Crippen LogP contribution < -0.4 is 0 Å². The summed E-state index contributed by atoms with van der Waals surface area (Å²) >= 11 is 0. The number of hydrogen-bond acceptors (Lipinski definition) is 4. The topological polar surface area (TPSA) is 68.0 Å². The van der Waals surface area contributed by atoms with E-state index in [4.69, 9.17) is 5.11 Å². The van der Waals surface area contributed by atoms with Crippen molar-refractivity contribution in [3.8, 4) is 0 Å². The van der Waals surface area contributed by atoms with Crippen LogP contribution in [0.15, 0.2) is 0 Å². The number of aliphatic hydroxyl groups is 1. The SMILES string of the molecule is CC(C)c1c(C=O)nnn1CCO. The summed E-state index contributed by atoms with van der Waals surface area (Å²) in [5, 5.41) is 16.2. The highest BCUT2D eigenvalue weighted by molar-refractivity contribution is 5.73. The fourth-order valence-corrected chi connectivity index (χ4v) is 1.27. The van der Waals surface area contributed by atoms with Gasteiger partial charge >= 0.3 is 0 Å². The van der Waals surface area contributed by atoms with Crippen molar-refractivity contribution in [2.75, 3.05) is 6.61 Å². The van der Waals surface area contributed by atoms with Gasteiger partial charge in [0.15, 0.2) is 6.29 Å². The molecule has 13 heavy (non-hydrogen) atoms. The van der Waals surface area contributed by atoms with Gasteiger partial charge in [-0.2, -0.15) is 0 Å². The van der Waals surface area contributed by atoms with Gasteiger partial charge in [-0.05, 0) is 5.92 Å². The van der Waals surface area contributed by atoms with E-state index in [9.17, 15) is 4.79 Å². The predicted octanol–water partition coefficient (Wildman–Crippen LogP) is 0.206. The van der Waals surface area contributed by atoms with Crippen LogP contribution in [0.5, 0.6) is 0 Å². The summed E-state index contributed by atoms with van der Waals surface area (Å²) in [7, 11) is 0. The Morgan fingerprint density at radius 2 is 2.31 bits per heavy atom. The molecule has 0 amide bonds. The Morgan fingerprint density at radius 3 is 2.77 bits per heavy atom. The van der Waals surface area contributed by atoms with Gasteiger partial charge in [0.05, 0.1) is 18.8 Å². The molecule has 0 aliphatic heterocycles. The van der Waals surface area contributed by atoms with Crippen LogP contribution in [0.3, 0.4) is 0 Å². The summed E-state index contributed by atoms with van der Waals surface area (Å²) in [6.07, 6.45) is 0.691. The summed E-state index contributed by atoms with van der Waals surface area (Å²) in [6, 6.07) is 0. The number of rotatable bonds is 4. The molecule has 0 aromatic carbocycles. The Hall–Kier alpha value is -1.23. The monoisotopic (exact) mass is 183 g/mol. The first-order valence-corrected chi connectivity index (χ1v) is 4.20. The number of hydrogen-bond donors (Lipinski definition) is 1. The molecular formula is C8H13N3O2. The molecule has 0 spiro atoms. The minimum absolute atomic E-state index is 0.00137. The predicted molar refractivity (Wildman–Crippen MR) is 46.6 cm³/mol. The molecule has 0 saturated heterocycles. The molecule has 1 N–H and O–H groups in total. The third kappa shape index (κ3) is 1.92. The molecule has 5 heteroatoms. The quantitative estimate of drug-likeness (QED) is 0.677. The molecule has 0 bridgehead atoms.